The van der Waals surface area contributed by atoms with Gasteiger partial charge < -0.3 is 18.9 Å². The molecular weight excluding hydrogens is 292 g/mol. The summed E-state index contributed by atoms with van der Waals surface area (Å²) in [5.74, 6) is -6.33. The molecule has 3 aliphatic rings. The highest BCUT2D eigenvalue weighted by atomic mass is 16.7. The van der Waals surface area contributed by atoms with Crippen molar-refractivity contribution in [2.75, 3.05) is 21.3 Å². The molecule has 0 aromatic carbocycles. The van der Waals surface area contributed by atoms with E-state index < -0.39 is 47.0 Å². The molecule has 2 bridgehead atoms. The van der Waals surface area contributed by atoms with E-state index in [1.165, 1.54) is 27.4 Å². The first-order valence-corrected chi connectivity index (χ1v) is 7.01. The summed E-state index contributed by atoms with van der Waals surface area (Å²) in [6, 6.07) is 0. The van der Waals surface area contributed by atoms with Crippen LogP contribution in [0.25, 0.3) is 0 Å². The molecule has 2 aliphatic carbocycles. The molecular formula is C15H18O7. The Hall–Kier alpha value is -1.73. The second kappa shape index (κ2) is 4.63. The summed E-state index contributed by atoms with van der Waals surface area (Å²) in [5.41, 5.74) is -1.36. The minimum absolute atomic E-state index is 0.164. The van der Waals surface area contributed by atoms with Crippen molar-refractivity contribution in [2.24, 2.45) is 23.7 Å². The van der Waals surface area contributed by atoms with Crippen LogP contribution in [0, 0.1) is 23.7 Å². The van der Waals surface area contributed by atoms with Crippen LogP contribution in [0.1, 0.15) is 6.42 Å². The highest BCUT2D eigenvalue weighted by molar-refractivity contribution is 6.06. The average Bonchev–Trinajstić information content (AvgIpc) is 3.02. The van der Waals surface area contributed by atoms with Crippen LogP contribution in [0.15, 0.2) is 12.7 Å². The molecule has 1 heterocycles. The molecule has 0 spiro atoms. The third-order valence-electron chi connectivity index (χ3n) is 5.29. The van der Waals surface area contributed by atoms with Crippen LogP contribution in [-0.2, 0) is 33.3 Å². The molecule has 0 aromatic rings. The zero-order valence-electron chi connectivity index (χ0n) is 12.7. The first kappa shape index (κ1) is 15.2. The number of rotatable bonds is 5. The third-order valence-corrected chi connectivity index (χ3v) is 5.29. The molecule has 3 fully saturated rings. The van der Waals surface area contributed by atoms with Gasteiger partial charge >= 0.3 is 11.9 Å². The van der Waals surface area contributed by atoms with Crippen molar-refractivity contribution < 1.29 is 33.3 Å². The molecule has 120 valence electrons. The largest absolute Gasteiger partial charge is 0.469 e. The lowest BCUT2D eigenvalue weighted by molar-refractivity contribution is -0.244. The van der Waals surface area contributed by atoms with Gasteiger partial charge in [0.2, 0.25) is 0 Å². The van der Waals surface area contributed by atoms with Gasteiger partial charge in [0.25, 0.3) is 0 Å². The molecule has 1 saturated heterocycles. The Labute approximate surface area is 127 Å². The van der Waals surface area contributed by atoms with Gasteiger partial charge in [-0.05, 0) is 0 Å². The minimum Gasteiger partial charge on any atom is -0.469 e. The number of carbonyl (C=O) groups is 3. The number of Topliss-reactive ketones (excluding diaryl/α,β-unsaturated/α-hetero) is 1. The van der Waals surface area contributed by atoms with Crippen molar-refractivity contribution in [2.45, 2.75) is 17.8 Å². The summed E-state index contributed by atoms with van der Waals surface area (Å²) < 4.78 is 21.2. The zero-order valence-corrected chi connectivity index (χ0v) is 12.7. The number of hydrogen-bond donors (Lipinski definition) is 0. The van der Waals surface area contributed by atoms with Crippen molar-refractivity contribution in [1.82, 2.24) is 0 Å². The molecule has 7 nitrogen and oxygen atoms in total. The summed E-state index contributed by atoms with van der Waals surface area (Å²) in [7, 11) is 4.01. The fourth-order valence-corrected chi connectivity index (χ4v) is 4.62. The molecule has 7 heteroatoms. The van der Waals surface area contributed by atoms with Crippen LogP contribution in [0.5, 0.6) is 0 Å². The SMILES string of the molecule is C=CC[C@@]12OC(=O)[C@H]3[C@@H](C(=O)OC)[C@@H](C1=O)C(OC)(OC)[C@H]32. The molecule has 22 heavy (non-hydrogen) atoms. The van der Waals surface area contributed by atoms with Gasteiger partial charge in [-0.3, -0.25) is 14.4 Å². The summed E-state index contributed by atoms with van der Waals surface area (Å²) in [4.78, 5) is 37.4. The molecule has 0 amide bonds. The van der Waals surface area contributed by atoms with Crippen molar-refractivity contribution >= 4 is 17.7 Å². The van der Waals surface area contributed by atoms with Crippen LogP contribution < -0.4 is 0 Å². The Bertz CT molecular complexity index is 564. The Morgan fingerprint density at radius 2 is 1.95 bits per heavy atom. The number of hydrogen-bond acceptors (Lipinski definition) is 7. The number of methoxy groups -OCH3 is 3. The van der Waals surface area contributed by atoms with E-state index in [0.29, 0.717) is 0 Å². The Morgan fingerprint density at radius 3 is 2.45 bits per heavy atom. The summed E-state index contributed by atoms with van der Waals surface area (Å²) in [5, 5.41) is 0. The van der Waals surface area contributed by atoms with Crippen molar-refractivity contribution in [3.05, 3.63) is 12.7 Å². The maximum Gasteiger partial charge on any atom is 0.311 e. The van der Waals surface area contributed by atoms with Crippen LogP contribution >= 0.6 is 0 Å². The van der Waals surface area contributed by atoms with E-state index in [9.17, 15) is 14.4 Å². The maximum atomic E-state index is 13.0. The normalized spacial score (nSPS) is 40.7. The monoisotopic (exact) mass is 310 g/mol. The van der Waals surface area contributed by atoms with E-state index in [4.69, 9.17) is 18.9 Å². The van der Waals surface area contributed by atoms with Crippen molar-refractivity contribution in [3.63, 3.8) is 0 Å². The Balaban J connectivity index is 2.21. The lowest BCUT2D eigenvalue weighted by atomic mass is 9.72. The van der Waals surface area contributed by atoms with Gasteiger partial charge in [0, 0.05) is 20.6 Å². The molecule has 3 rings (SSSR count). The highest BCUT2D eigenvalue weighted by Gasteiger charge is 2.86. The molecule has 2 saturated carbocycles. The Morgan fingerprint density at radius 1 is 1.32 bits per heavy atom. The van der Waals surface area contributed by atoms with Gasteiger partial charge in [-0.25, -0.2) is 0 Å². The molecule has 0 unspecified atom stereocenters. The predicted octanol–water partition coefficient (Wildman–Crippen LogP) is 0.0813. The van der Waals surface area contributed by atoms with Crippen LogP contribution in [0.3, 0.4) is 0 Å². The standard InChI is InChI=1S/C15H18O7/c1-5-6-14-10-8(13(18)22-14)7(12(17)19-2)9(11(14)16)15(10,20-3)21-4/h5,7-10H,1,6H2,2-4H3/t7-,8+,9+,10-,14+/m1/s1. The van der Waals surface area contributed by atoms with Crippen LogP contribution in [0.2, 0.25) is 0 Å². The van der Waals surface area contributed by atoms with E-state index in [1.807, 2.05) is 0 Å². The van der Waals surface area contributed by atoms with Gasteiger partial charge in [-0.15, -0.1) is 6.58 Å². The smallest absolute Gasteiger partial charge is 0.311 e. The molecule has 0 N–H and O–H groups in total. The van der Waals surface area contributed by atoms with Gasteiger partial charge in [-0.1, -0.05) is 6.08 Å². The third kappa shape index (κ3) is 1.36. The van der Waals surface area contributed by atoms with E-state index in [-0.39, 0.29) is 12.2 Å². The zero-order chi connectivity index (χ0) is 16.3. The van der Waals surface area contributed by atoms with Gasteiger partial charge in [0.15, 0.2) is 17.2 Å². The molecule has 0 aromatic heterocycles. The summed E-state index contributed by atoms with van der Waals surface area (Å²) in [6.45, 7) is 3.63. The highest BCUT2D eigenvalue weighted by Crippen LogP contribution is 2.68. The molecule has 0 radical (unpaired) electrons. The van der Waals surface area contributed by atoms with E-state index in [1.54, 1.807) is 0 Å². The number of ketones is 1. The first-order chi connectivity index (χ1) is 10.4. The predicted molar refractivity (Wildman–Crippen MR) is 71.4 cm³/mol. The minimum atomic E-state index is -1.37. The van der Waals surface area contributed by atoms with E-state index in [2.05, 4.69) is 6.58 Å². The van der Waals surface area contributed by atoms with Gasteiger partial charge in [0.05, 0.1) is 30.8 Å². The van der Waals surface area contributed by atoms with E-state index >= 15 is 0 Å². The quantitative estimate of drug-likeness (QED) is 0.404. The second-order valence-corrected chi connectivity index (χ2v) is 5.83. The van der Waals surface area contributed by atoms with Crippen LogP contribution in [0.4, 0.5) is 0 Å². The average molecular weight is 310 g/mol. The number of carbonyl (C=O) groups excluding carboxylic acids is 3. The van der Waals surface area contributed by atoms with Crippen LogP contribution in [-0.4, -0.2) is 50.4 Å². The topological polar surface area (TPSA) is 88.1 Å². The maximum absolute atomic E-state index is 13.0. The van der Waals surface area contributed by atoms with Gasteiger partial charge in [0.1, 0.15) is 0 Å². The Kier molecular flexibility index (Phi) is 3.19. The second-order valence-electron chi connectivity index (χ2n) is 5.83. The van der Waals surface area contributed by atoms with Gasteiger partial charge in [-0.2, -0.15) is 0 Å². The number of fused-ring (bicyclic) bond motifs is 1. The van der Waals surface area contributed by atoms with Crippen molar-refractivity contribution in [3.8, 4) is 0 Å². The fraction of sp³-hybridized carbons (Fsp3) is 0.667. The van der Waals surface area contributed by atoms with Crippen molar-refractivity contribution in [1.29, 1.82) is 0 Å². The summed E-state index contributed by atoms with van der Waals surface area (Å²) >= 11 is 0. The number of ether oxygens (including phenoxy) is 4. The first-order valence-electron chi connectivity index (χ1n) is 7.01. The fourth-order valence-electron chi connectivity index (χ4n) is 4.62. The molecule has 1 aliphatic heterocycles. The molecule has 5 atom stereocenters. The lowest BCUT2D eigenvalue weighted by Crippen LogP contribution is -2.47. The number of esters is 2. The lowest BCUT2D eigenvalue weighted by Gasteiger charge is -2.32. The summed E-state index contributed by atoms with van der Waals surface area (Å²) in [6.07, 6.45) is 1.69. The van der Waals surface area contributed by atoms with E-state index in [0.717, 1.165) is 0 Å².